The van der Waals surface area contributed by atoms with Gasteiger partial charge in [0.25, 0.3) is 0 Å². The predicted octanol–water partition coefficient (Wildman–Crippen LogP) is 3.65. The fraction of sp³-hybridized carbons (Fsp3) is 0.938. The summed E-state index contributed by atoms with van der Waals surface area (Å²) in [6, 6.07) is 0. The molecule has 18 heavy (non-hydrogen) atoms. The molecule has 0 saturated carbocycles. The molecule has 0 amide bonds. The van der Waals surface area contributed by atoms with Gasteiger partial charge in [-0.3, -0.25) is 9.48 Å². The molecule has 2 nitrogen and oxygen atoms in total. The van der Waals surface area contributed by atoms with Gasteiger partial charge in [0.15, 0.2) is 0 Å². The van der Waals surface area contributed by atoms with Gasteiger partial charge < -0.3 is 0 Å². The second kappa shape index (κ2) is 7.81. The maximum Gasteiger partial charge on any atom is 0.246 e. The molecule has 2 aliphatic heterocycles. The Morgan fingerprint density at radius 1 is 0.944 bits per heavy atom. The van der Waals surface area contributed by atoms with Gasteiger partial charge in [0, 0.05) is 6.42 Å². The average molecular weight is 251 g/mol. The SMILES string of the molecule is CCCCCCCCCN1CCC[N+]2=C1CCC2. The number of hydrogen-bond donors (Lipinski definition) is 0. The zero-order valence-electron chi connectivity index (χ0n) is 12.3. The first kappa shape index (κ1) is 13.9. The smallest absolute Gasteiger partial charge is 0.246 e. The van der Waals surface area contributed by atoms with Crippen molar-refractivity contribution in [3.05, 3.63) is 0 Å². The molecule has 0 bridgehead atoms. The van der Waals surface area contributed by atoms with Crippen molar-refractivity contribution < 1.29 is 4.58 Å². The number of hydrogen-bond acceptors (Lipinski definition) is 1. The first-order chi connectivity index (χ1) is 8.92. The standard InChI is InChI=1S/C16H31N2/c1-2-3-4-5-6-7-8-12-17-14-10-15-18-13-9-11-16(17)18/h2-15H2,1H3/q+1. The molecule has 2 rings (SSSR count). The van der Waals surface area contributed by atoms with E-state index in [0.29, 0.717) is 0 Å². The van der Waals surface area contributed by atoms with E-state index in [4.69, 9.17) is 0 Å². The minimum absolute atomic E-state index is 1.32. The number of nitrogens with zero attached hydrogens (tertiary/aromatic N) is 2. The molecule has 2 heterocycles. The van der Waals surface area contributed by atoms with E-state index < -0.39 is 0 Å². The van der Waals surface area contributed by atoms with E-state index in [-0.39, 0.29) is 0 Å². The Balaban J connectivity index is 1.57. The largest absolute Gasteiger partial charge is 0.266 e. The molecule has 0 atom stereocenters. The van der Waals surface area contributed by atoms with Crippen molar-refractivity contribution in [2.24, 2.45) is 0 Å². The summed E-state index contributed by atoms with van der Waals surface area (Å²) in [6.07, 6.45) is 14.1. The average Bonchev–Trinajstić information content (AvgIpc) is 2.86. The van der Waals surface area contributed by atoms with E-state index in [1.807, 2.05) is 0 Å². The summed E-state index contributed by atoms with van der Waals surface area (Å²) in [6.45, 7) is 7.58. The maximum atomic E-state index is 2.68. The van der Waals surface area contributed by atoms with Crippen LogP contribution in [0.4, 0.5) is 0 Å². The summed E-state index contributed by atoms with van der Waals surface area (Å²) in [4.78, 5) is 2.68. The topological polar surface area (TPSA) is 6.25 Å². The van der Waals surface area contributed by atoms with E-state index >= 15 is 0 Å². The quantitative estimate of drug-likeness (QED) is 0.471. The lowest BCUT2D eigenvalue weighted by molar-refractivity contribution is -0.530. The van der Waals surface area contributed by atoms with Crippen LogP contribution in [-0.2, 0) is 0 Å². The molecule has 0 radical (unpaired) electrons. The van der Waals surface area contributed by atoms with E-state index in [1.54, 1.807) is 5.84 Å². The van der Waals surface area contributed by atoms with Gasteiger partial charge in [0.2, 0.25) is 5.84 Å². The molecule has 0 aromatic rings. The molecule has 0 saturated heterocycles. The lowest BCUT2D eigenvalue weighted by atomic mass is 10.1. The summed E-state index contributed by atoms with van der Waals surface area (Å²) in [5, 5.41) is 0. The van der Waals surface area contributed by atoms with Crippen LogP contribution in [0.15, 0.2) is 0 Å². The normalized spacial score (nSPS) is 19.5. The van der Waals surface area contributed by atoms with Crippen molar-refractivity contribution in [2.45, 2.75) is 71.1 Å². The number of rotatable bonds is 8. The van der Waals surface area contributed by atoms with Gasteiger partial charge in [-0.15, -0.1) is 0 Å². The van der Waals surface area contributed by atoms with Crippen molar-refractivity contribution in [3.8, 4) is 0 Å². The molecule has 104 valence electrons. The van der Waals surface area contributed by atoms with Gasteiger partial charge >= 0.3 is 0 Å². The van der Waals surface area contributed by atoms with Crippen LogP contribution in [0, 0.1) is 0 Å². The fourth-order valence-electron chi connectivity index (χ4n) is 3.40. The lowest BCUT2D eigenvalue weighted by Gasteiger charge is -2.23. The Morgan fingerprint density at radius 3 is 2.50 bits per heavy atom. The molecule has 2 aliphatic rings. The van der Waals surface area contributed by atoms with Crippen LogP contribution in [0.25, 0.3) is 0 Å². The maximum absolute atomic E-state index is 2.68. The predicted molar refractivity (Wildman–Crippen MR) is 78.4 cm³/mol. The molecular weight excluding hydrogens is 220 g/mol. The van der Waals surface area contributed by atoms with Crippen molar-refractivity contribution in [3.63, 3.8) is 0 Å². The van der Waals surface area contributed by atoms with Gasteiger partial charge in [-0.05, 0) is 19.3 Å². The van der Waals surface area contributed by atoms with Crippen LogP contribution in [0.1, 0.15) is 71.1 Å². The van der Waals surface area contributed by atoms with Crippen LogP contribution in [0.2, 0.25) is 0 Å². The number of amidine groups is 1. The number of unbranched alkanes of at least 4 members (excludes halogenated alkanes) is 6. The molecule has 0 unspecified atom stereocenters. The van der Waals surface area contributed by atoms with Crippen LogP contribution >= 0.6 is 0 Å². The lowest BCUT2D eigenvalue weighted by Crippen LogP contribution is -2.41. The molecule has 0 aromatic heterocycles. The Hall–Kier alpha value is -0.530. The van der Waals surface area contributed by atoms with Gasteiger partial charge in [-0.2, -0.15) is 0 Å². The molecule has 0 spiro atoms. The molecular formula is C16H31N2+. The molecule has 0 N–H and O–H groups in total. The monoisotopic (exact) mass is 251 g/mol. The molecule has 0 aromatic carbocycles. The molecule has 0 fully saturated rings. The fourth-order valence-corrected chi connectivity index (χ4v) is 3.40. The van der Waals surface area contributed by atoms with Crippen molar-refractivity contribution in [1.29, 1.82) is 0 Å². The minimum atomic E-state index is 1.32. The van der Waals surface area contributed by atoms with Crippen LogP contribution in [0.3, 0.4) is 0 Å². The van der Waals surface area contributed by atoms with Crippen LogP contribution < -0.4 is 0 Å². The van der Waals surface area contributed by atoms with Crippen molar-refractivity contribution in [2.75, 3.05) is 26.2 Å². The summed E-state index contributed by atoms with van der Waals surface area (Å²) in [5.41, 5.74) is 0. The Kier molecular flexibility index (Phi) is 6.02. The van der Waals surface area contributed by atoms with Gasteiger partial charge in [0.1, 0.15) is 0 Å². The first-order valence-electron chi connectivity index (χ1n) is 8.27. The van der Waals surface area contributed by atoms with Crippen molar-refractivity contribution >= 4 is 5.84 Å². The van der Waals surface area contributed by atoms with Gasteiger partial charge in [-0.25, -0.2) is 0 Å². The zero-order chi connectivity index (χ0) is 12.6. The summed E-state index contributed by atoms with van der Waals surface area (Å²) < 4.78 is 2.63. The Bertz CT molecular complexity index is 270. The van der Waals surface area contributed by atoms with Gasteiger partial charge in [-0.1, -0.05) is 39.0 Å². The Morgan fingerprint density at radius 2 is 1.67 bits per heavy atom. The first-order valence-corrected chi connectivity index (χ1v) is 8.27. The summed E-state index contributed by atoms with van der Waals surface area (Å²) >= 11 is 0. The highest BCUT2D eigenvalue weighted by Gasteiger charge is 2.30. The summed E-state index contributed by atoms with van der Waals surface area (Å²) in [5.74, 6) is 1.67. The van der Waals surface area contributed by atoms with E-state index in [1.165, 1.54) is 90.4 Å². The highest BCUT2D eigenvalue weighted by atomic mass is 15.3. The third kappa shape index (κ3) is 4.00. The van der Waals surface area contributed by atoms with E-state index in [0.717, 1.165) is 0 Å². The van der Waals surface area contributed by atoms with E-state index in [2.05, 4.69) is 16.4 Å². The molecule has 2 heteroatoms. The van der Waals surface area contributed by atoms with Crippen LogP contribution in [0.5, 0.6) is 0 Å². The Labute approximate surface area is 113 Å². The molecule has 0 aliphatic carbocycles. The summed E-state index contributed by atoms with van der Waals surface area (Å²) in [7, 11) is 0. The highest BCUT2D eigenvalue weighted by Crippen LogP contribution is 2.15. The highest BCUT2D eigenvalue weighted by molar-refractivity contribution is 5.78. The van der Waals surface area contributed by atoms with Crippen LogP contribution in [-0.4, -0.2) is 41.5 Å². The second-order valence-electron chi connectivity index (χ2n) is 5.97. The third-order valence-corrected chi connectivity index (χ3v) is 4.45. The third-order valence-electron chi connectivity index (χ3n) is 4.45. The second-order valence-corrected chi connectivity index (χ2v) is 5.97. The van der Waals surface area contributed by atoms with E-state index in [9.17, 15) is 0 Å². The zero-order valence-corrected chi connectivity index (χ0v) is 12.3. The van der Waals surface area contributed by atoms with Crippen molar-refractivity contribution in [1.82, 2.24) is 4.90 Å². The minimum Gasteiger partial charge on any atom is -0.266 e. The van der Waals surface area contributed by atoms with Gasteiger partial charge in [0.05, 0.1) is 32.6 Å².